The second-order valence-corrected chi connectivity index (χ2v) is 3.61. The molecule has 0 bridgehead atoms. The van der Waals surface area contributed by atoms with Gasteiger partial charge in [0.15, 0.2) is 0 Å². The number of unbranched alkanes of at least 4 members (excludes halogenated alkanes) is 3. The zero-order valence-electron chi connectivity index (χ0n) is 8.64. The second kappa shape index (κ2) is 6.24. The molecule has 0 aromatic carbocycles. The van der Waals surface area contributed by atoms with Crippen molar-refractivity contribution in [1.82, 2.24) is 0 Å². The normalized spacial score (nSPS) is 16.7. The largest absolute Gasteiger partial charge is 0.386 e. The summed E-state index contributed by atoms with van der Waals surface area (Å²) in [6, 6.07) is 0. The van der Waals surface area contributed by atoms with Crippen LogP contribution in [0.25, 0.3) is 0 Å². The molecule has 1 atom stereocenters. The van der Waals surface area contributed by atoms with Gasteiger partial charge in [-0.25, -0.2) is 0 Å². The van der Waals surface area contributed by atoms with E-state index in [1.807, 2.05) is 19.9 Å². The minimum atomic E-state index is -0.591. The van der Waals surface area contributed by atoms with Gasteiger partial charge < -0.3 is 5.11 Å². The monoisotopic (exact) mass is 170 g/mol. The number of allylic oxidation sites excluding steroid dienone is 1. The van der Waals surface area contributed by atoms with Crippen molar-refractivity contribution in [2.45, 2.75) is 58.5 Å². The number of hydrogen-bond acceptors (Lipinski definition) is 1. The Balaban J connectivity index is 3.47. The maximum absolute atomic E-state index is 9.59. The average Bonchev–Trinajstić information content (AvgIpc) is 2.04. The first-order valence-electron chi connectivity index (χ1n) is 5.02. The molecule has 0 aromatic heterocycles. The van der Waals surface area contributed by atoms with Gasteiger partial charge in [-0.05, 0) is 26.2 Å². The van der Waals surface area contributed by atoms with E-state index in [-0.39, 0.29) is 0 Å². The Labute approximate surface area is 76.5 Å². The maximum atomic E-state index is 9.59. The highest BCUT2D eigenvalue weighted by atomic mass is 16.3. The van der Waals surface area contributed by atoms with Crippen molar-refractivity contribution in [1.29, 1.82) is 0 Å². The van der Waals surface area contributed by atoms with Gasteiger partial charge in [-0.3, -0.25) is 0 Å². The molecule has 0 aromatic rings. The molecule has 1 heteroatoms. The summed E-state index contributed by atoms with van der Waals surface area (Å²) >= 11 is 0. The molecule has 0 radical (unpaired) electrons. The Hall–Kier alpha value is -0.300. The zero-order valence-corrected chi connectivity index (χ0v) is 8.64. The SMILES string of the molecule is CCCCC/C=C/C(C)(O)CC. The molecule has 12 heavy (non-hydrogen) atoms. The number of rotatable bonds is 6. The number of aliphatic hydroxyl groups is 1. The van der Waals surface area contributed by atoms with Crippen molar-refractivity contribution in [2.75, 3.05) is 0 Å². The molecule has 0 saturated carbocycles. The summed E-state index contributed by atoms with van der Waals surface area (Å²) in [5.41, 5.74) is -0.591. The topological polar surface area (TPSA) is 20.2 Å². The van der Waals surface area contributed by atoms with Gasteiger partial charge in [0.2, 0.25) is 0 Å². The molecule has 72 valence electrons. The summed E-state index contributed by atoms with van der Waals surface area (Å²) in [5, 5.41) is 9.59. The predicted octanol–water partition coefficient (Wildman–Crippen LogP) is 3.28. The van der Waals surface area contributed by atoms with Gasteiger partial charge in [0, 0.05) is 0 Å². The van der Waals surface area contributed by atoms with Crippen molar-refractivity contribution in [3.05, 3.63) is 12.2 Å². The van der Waals surface area contributed by atoms with Crippen LogP contribution in [0.4, 0.5) is 0 Å². The van der Waals surface area contributed by atoms with Crippen LogP contribution in [0.1, 0.15) is 52.9 Å². The van der Waals surface area contributed by atoms with E-state index >= 15 is 0 Å². The van der Waals surface area contributed by atoms with E-state index in [4.69, 9.17) is 0 Å². The molecular formula is C11H22O. The molecule has 0 aliphatic rings. The Morgan fingerprint density at radius 1 is 1.25 bits per heavy atom. The van der Waals surface area contributed by atoms with Crippen LogP contribution in [0.5, 0.6) is 0 Å². The molecule has 0 rings (SSSR count). The lowest BCUT2D eigenvalue weighted by Gasteiger charge is -2.15. The summed E-state index contributed by atoms with van der Waals surface area (Å²) in [6.07, 6.45) is 9.70. The molecular weight excluding hydrogens is 148 g/mol. The van der Waals surface area contributed by atoms with Crippen molar-refractivity contribution >= 4 is 0 Å². The smallest absolute Gasteiger partial charge is 0.0797 e. The van der Waals surface area contributed by atoms with E-state index in [2.05, 4.69) is 13.0 Å². The maximum Gasteiger partial charge on any atom is 0.0797 e. The summed E-state index contributed by atoms with van der Waals surface area (Å²) in [4.78, 5) is 0. The first-order valence-corrected chi connectivity index (χ1v) is 5.02. The number of hydrogen-bond donors (Lipinski definition) is 1. The van der Waals surface area contributed by atoms with Crippen LogP contribution in [0.15, 0.2) is 12.2 Å². The van der Waals surface area contributed by atoms with E-state index in [0.717, 1.165) is 12.8 Å². The van der Waals surface area contributed by atoms with E-state index < -0.39 is 5.60 Å². The quantitative estimate of drug-likeness (QED) is 0.479. The third-order valence-electron chi connectivity index (χ3n) is 2.17. The van der Waals surface area contributed by atoms with Gasteiger partial charge >= 0.3 is 0 Å². The second-order valence-electron chi connectivity index (χ2n) is 3.61. The Kier molecular flexibility index (Phi) is 6.09. The molecule has 0 heterocycles. The molecule has 0 saturated heterocycles. The molecule has 1 N–H and O–H groups in total. The predicted molar refractivity (Wildman–Crippen MR) is 54.2 cm³/mol. The van der Waals surface area contributed by atoms with Gasteiger partial charge in [-0.1, -0.05) is 38.8 Å². The first kappa shape index (κ1) is 11.7. The molecule has 0 amide bonds. The van der Waals surface area contributed by atoms with E-state index in [1.165, 1.54) is 19.3 Å². The molecule has 0 aliphatic heterocycles. The minimum absolute atomic E-state index is 0.591. The van der Waals surface area contributed by atoms with Crippen molar-refractivity contribution in [3.63, 3.8) is 0 Å². The van der Waals surface area contributed by atoms with Gasteiger partial charge in [0.05, 0.1) is 5.60 Å². The molecule has 0 spiro atoms. The third kappa shape index (κ3) is 6.41. The minimum Gasteiger partial charge on any atom is -0.386 e. The highest BCUT2D eigenvalue weighted by molar-refractivity contribution is 4.97. The first-order chi connectivity index (χ1) is 5.62. The van der Waals surface area contributed by atoms with Crippen LogP contribution >= 0.6 is 0 Å². The lowest BCUT2D eigenvalue weighted by Crippen LogP contribution is -2.18. The highest BCUT2D eigenvalue weighted by Gasteiger charge is 2.10. The lowest BCUT2D eigenvalue weighted by atomic mass is 10.0. The Morgan fingerprint density at radius 3 is 2.42 bits per heavy atom. The molecule has 1 unspecified atom stereocenters. The summed E-state index contributed by atoms with van der Waals surface area (Å²) in [6.45, 7) is 6.05. The van der Waals surface area contributed by atoms with Gasteiger partial charge in [0.1, 0.15) is 0 Å². The van der Waals surface area contributed by atoms with Crippen LogP contribution < -0.4 is 0 Å². The summed E-state index contributed by atoms with van der Waals surface area (Å²) in [5.74, 6) is 0. The van der Waals surface area contributed by atoms with Crippen LogP contribution in [0, 0.1) is 0 Å². The standard InChI is InChI=1S/C11H22O/c1-4-6-7-8-9-10-11(3,12)5-2/h9-10,12H,4-8H2,1-3H3/b10-9+. The van der Waals surface area contributed by atoms with Crippen molar-refractivity contribution in [2.24, 2.45) is 0 Å². The summed E-state index contributed by atoms with van der Waals surface area (Å²) in [7, 11) is 0. The van der Waals surface area contributed by atoms with Gasteiger partial charge in [-0.15, -0.1) is 0 Å². The fourth-order valence-corrected chi connectivity index (χ4v) is 0.967. The third-order valence-corrected chi connectivity index (χ3v) is 2.17. The zero-order chi connectivity index (χ0) is 9.45. The van der Waals surface area contributed by atoms with Crippen molar-refractivity contribution < 1.29 is 5.11 Å². The lowest BCUT2D eigenvalue weighted by molar-refractivity contribution is 0.107. The van der Waals surface area contributed by atoms with Crippen molar-refractivity contribution in [3.8, 4) is 0 Å². The summed E-state index contributed by atoms with van der Waals surface area (Å²) < 4.78 is 0. The molecule has 1 nitrogen and oxygen atoms in total. The van der Waals surface area contributed by atoms with Crippen LogP contribution in [-0.2, 0) is 0 Å². The Bertz CT molecular complexity index is 125. The van der Waals surface area contributed by atoms with E-state index in [1.54, 1.807) is 0 Å². The van der Waals surface area contributed by atoms with Crippen LogP contribution in [0.3, 0.4) is 0 Å². The van der Waals surface area contributed by atoms with Crippen LogP contribution in [0.2, 0.25) is 0 Å². The van der Waals surface area contributed by atoms with E-state index in [0.29, 0.717) is 0 Å². The molecule has 0 fully saturated rings. The van der Waals surface area contributed by atoms with Gasteiger partial charge in [-0.2, -0.15) is 0 Å². The average molecular weight is 170 g/mol. The fourth-order valence-electron chi connectivity index (χ4n) is 0.967. The molecule has 0 aliphatic carbocycles. The Morgan fingerprint density at radius 2 is 1.92 bits per heavy atom. The highest BCUT2D eigenvalue weighted by Crippen LogP contribution is 2.11. The van der Waals surface area contributed by atoms with Gasteiger partial charge in [0.25, 0.3) is 0 Å². The van der Waals surface area contributed by atoms with Crippen LogP contribution in [-0.4, -0.2) is 10.7 Å². The fraction of sp³-hybridized carbons (Fsp3) is 0.818. The van der Waals surface area contributed by atoms with E-state index in [9.17, 15) is 5.11 Å².